The van der Waals surface area contributed by atoms with Gasteiger partial charge in [-0.05, 0) is 30.2 Å². The lowest BCUT2D eigenvalue weighted by molar-refractivity contribution is -0.383. The third-order valence-electron chi connectivity index (χ3n) is 3.66. The molecular weight excluding hydrogens is 262 g/mol. The molecule has 106 valence electrons. The average molecular weight is 277 g/mol. The summed E-state index contributed by atoms with van der Waals surface area (Å²) in [5.74, 6) is 0. The number of non-ortho nitro benzene ring substituents is 1. The molecule has 0 spiro atoms. The van der Waals surface area contributed by atoms with Gasteiger partial charge in [-0.25, -0.2) is 4.63 Å². The minimum Gasteiger partial charge on any atom is -0.362 e. The Morgan fingerprint density at radius 3 is 2.85 bits per heavy atom. The van der Waals surface area contributed by atoms with Gasteiger partial charge in [-0.15, -0.1) is 0 Å². The number of rotatable bonds is 2. The van der Waals surface area contributed by atoms with Crippen LogP contribution in [0.4, 0.5) is 11.4 Å². The maximum atomic E-state index is 11.0. The molecule has 1 aromatic carbocycles. The predicted octanol–water partition coefficient (Wildman–Crippen LogP) is 1.32. The third-order valence-corrected chi connectivity index (χ3v) is 3.66. The van der Waals surface area contributed by atoms with Crippen LogP contribution in [0.15, 0.2) is 16.8 Å². The summed E-state index contributed by atoms with van der Waals surface area (Å²) in [4.78, 5) is 12.7. The quantitative estimate of drug-likeness (QED) is 0.653. The molecule has 2 heterocycles. The maximum absolute atomic E-state index is 11.0. The van der Waals surface area contributed by atoms with Gasteiger partial charge in [-0.2, -0.15) is 0 Å². The van der Waals surface area contributed by atoms with Crippen molar-refractivity contribution in [3.8, 4) is 0 Å². The Bertz CT molecular complexity index is 666. The number of benzene rings is 1. The highest BCUT2D eigenvalue weighted by molar-refractivity contribution is 5.94. The molecule has 3 rings (SSSR count). The minimum absolute atomic E-state index is 0.0852. The number of aromatic nitrogens is 2. The molecule has 0 unspecified atom stereocenters. The van der Waals surface area contributed by atoms with Gasteiger partial charge < -0.3 is 10.2 Å². The zero-order valence-corrected chi connectivity index (χ0v) is 11.3. The number of nitro groups is 1. The lowest BCUT2D eigenvalue weighted by Gasteiger charge is -2.44. The predicted molar refractivity (Wildman–Crippen MR) is 72.8 cm³/mol. The van der Waals surface area contributed by atoms with E-state index in [1.54, 1.807) is 6.07 Å². The van der Waals surface area contributed by atoms with Crippen LogP contribution < -0.4 is 10.2 Å². The zero-order valence-electron chi connectivity index (χ0n) is 11.3. The molecule has 20 heavy (non-hydrogen) atoms. The lowest BCUT2D eigenvalue weighted by atomic mass is 9.98. The molecular formula is C12H15N5O3. The summed E-state index contributed by atoms with van der Waals surface area (Å²) in [6.07, 6.45) is 0. The fraction of sp³-hybridized carbons (Fsp3) is 0.500. The largest absolute Gasteiger partial charge is 0.362 e. The normalized spacial score (nSPS) is 18.4. The molecule has 0 amide bonds. The molecule has 1 N–H and O–H groups in total. The highest BCUT2D eigenvalue weighted by Crippen LogP contribution is 2.34. The van der Waals surface area contributed by atoms with Crippen molar-refractivity contribution in [1.29, 1.82) is 0 Å². The van der Waals surface area contributed by atoms with Crippen LogP contribution in [0.1, 0.15) is 13.8 Å². The van der Waals surface area contributed by atoms with Crippen LogP contribution in [0.25, 0.3) is 11.0 Å². The van der Waals surface area contributed by atoms with Crippen LogP contribution >= 0.6 is 0 Å². The van der Waals surface area contributed by atoms with E-state index in [0.717, 1.165) is 25.3 Å². The minimum atomic E-state index is -0.473. The molecule has 0 atom stereocenters. The zero-order chi connectivity index (χ0) is 14.3. The maximum Gasteiger partial charge on any atom is 0.300 e. The topological polar surface area (TPSA) is 97.3 Å². The molecule has 8 nitrogen and oxygen atoms in total. The molecule has 2 aromatic rings. The fourth-order valence-electron chi connectivity index (χ4n) is 2.64. The summed E-state index contributed by atoms with van der Waals surface area (Å²) in [5.41, 5.74) is 1.26. The summed E-state index contributed by atoms with van der Waals surface area (Å²) in [7, 11) is 0. The Morgan fingerprint density at radius 2 is 2.15 bits per heavy atom. The van der Waals surface area contributed by atoms with Crippen molar-refractivity contribution in [3.05, 3.63) is 22.2 Å². The van der Waals surface area contributed by atoms with Crippen molar-refractivity contribution in [2.75, 3.05) is 24.5 Å². The molecule has 1 aliphatic heterocycles. The first-order chi connectivity index (χ1) is 9.50. The number of fused-ring (bicyclic) bond motifs is 1. The van der Waals surface area contributed by atoms with E-state index >= 15 is 0 Å². The number of nitrogens with zero attached hydrogens (tertiary/aromatic N) is 4. The van der Waals surface area contributed by atoms with E-state index in [4.69, 9.17) is 4.63 Å². The van der Waals surface area contributed by atoms with E-state index < -0.39 is 4.92 Å². The molecule has 1 fully saturated rings. The molecule has 0 radical (unpaired) electrons. The monoisotopic (exact) mass is 277 g/mol. The Labute approximate surface area is 114 Å². The molecule has 0 saturated carbocycles. The van der Waals surface area contributed by atoms with Gasteiger partial charge in [0.05, 0.1) is 10.6 Å². The van der Waals surface area contributed by atoms with Crippen LogP contribution in [0.5, 0.6) is 0 Å². The fourth-order valence-corrected chi connectivity index (χ4v) is 2.64. The molecule has 1 aromatic heterocycles. The Balaban J connectivity index is 2.15. The van der Waals surface area contributed by atoms with Gasteiger partial charge in [0.15, 0.2) is 5.52 Å². The van der Waals surface area contributed by atoms with E-state index in [2.05, 4.69) is 34.4 Å². The molecule has 0 aliphatic carbocycles. The third kappa shape index (κ3) is 1.88. The first-order valence-corrected chi connectivity index (χ1v) is 6.39. The Hall–Kier alpha value is -2.22. The van der Waals surface area contributed by atoms with E-state index in [1.165, 1.54) is 6.07 Å². The number of hydrogen-bond donors (Lipinski definition) is 1. The van der Waals surface area contributed by atoms with Crippen molar-refractivity contribution in [3.63, 3.8) is 0 Å². The summed E-state index contributed by atoms with van der Waals surface area (Å²) in [6.45, 7) is 6.70. The van der Waals surface area contributed by atoms with Crippen LogP contribution in [0.3, 0.4) is 0 Å². The second kappa shape index (κ2) is 4.41. The molecule has 8 heteroatoms. The highest BCUT2D eigenvalue weighted by Gasteiger charge is 2.33. The van der Waals surface area contributed by atoms with E-state index in [1.807, 2.05) is 0 Å². The van der Waals surface area contributed by atoms with E-state index in [0.29, 0.717) is 5.52 Å². The van der Waals surface area contributed by atoms with Crippen LogP contribution in [-0.4, -0.2) is 40.4 Å². The van der Waals surface area contributed by atoms with Gasteiger partial charge in [-0.1, -0.05) is 0 Å². The molecule has 1 saturated heterocycles. The van der Waals surface area contributed by atoms with Gasteiger partial charge in [0.25, 0.3) is 0 Å². The standard InChI is InChI=1S/C12H15N5O3/c1-12(2)7-13-5-6-16(12)8-3-4-9(17(18)19)11-10(8)14-20-15-11/h3-4,13H,5-7H2,1-2H3. The second-order valence-electron chi connectivity index (χ2n) is 5.46. The summed E-state index contributed by atoms with van der Waals surface area (Å²) >= 11 is 0. The van der Waals surface area contributed by atoms with Crippen molar-refractivity contribution in [2.24, 2.45) is 0 Å². The van der Waals surface area contributed by atoms with Crippen LogP contribution in [0, 0.1) is 10.1 Å². The number of nitro benzene ring substituents is 1. The second-order valence-corrected chi connectivity index (χ2v) is 5.46. The van der Waals surface area contributed by atoms with Crippen LogP contribution in [0.2, 0.25) is 0 Å². The average Bonchev–Trinajstić information content (AvgIpc) is 2.86. The first-order valence-electron chi connectivity index (χ1n) is 6.39. The first kappa shape index (κ1) is 12.8. The van der Waals surface area contributed by atoms with Gasteiger partial charge >= 0.3 is 5.69 Å². The Kier molecular flexibility index (Phi) is 2.82. The van der Waals surface area contributed by atoms with Gasteiger partial charge in [0.1, 0.15) is 0 Å². The van der Waals surface area contributed by atoms with Crippen molar-refractivity contribution in [1.82, 2.24) is 15.6 Å². The summed E-state index contributed by atoms with van der Waals surface area (Å²) < 4.78 is 4.71. The van der Waals surface area contributed by atoms with Crippen LogP contribution in [-0.2, 0) is 0 Å². The number of piperazine rings is 1. The number of nitrogens with one attached hydrogen (secondary N) is 1. The smallest absolute Gasteiger partial charge is 0.300 e. The number of anilines is 1. The molecule has 0 bridgehead atoms. The highest BCUT2D eigenvalue weighted by atomic mass is 16.6. The lowest BCUT2D eigenvalue weighted by Crippen LogP contribution is -2.58. The van der Waals surface area contributed by atoms with Crippen molar-refractivity contribution < 1.29 is 9.55 Å². The number of hydrogen-bond acceptors (Lipinski definition) is 7. The summed E-state index contributed by atoms with van der Waals surface area (Å²) in [5, 5.41) is 21.9. The van der Waals surface area contributed by atoms with E-state index in [-0.39, 0.29) is 16.7 Å². The molecule has 1 aliphatic rings. The van der Waals surface area contributed by atoms with Gasteiger partial charge in [-0.3, -0.25) is 10.1 Å². The van der Waals surface area contributed by atoms with E-state index in [9.17, 15) is 10.1 Å². The Morgan fingerprint density at radius 1 is 1.40 bits per heavy atom. The summed E-state index contributed by atoms with van der Waals surface area (Å²) in [6, 6.07) is 3.18. The van der Waals surface area contributed by atoms with Gasteiger partial charge in [0, 0.05) is 31.2 Å². The SMILES string of the molecule is CC1(C)CNCCN1c1ccc([N+](=O)[O-])c2nonc12. The van der Waals surface area contributed by atoms with Gasteiger partial charge in [0.2, 0.25) is 5.52 Å². The van der Waals surface area contributed by atoms with Crippen molar-refractivity contribution in [2.45, 2.75) is 19.4 Å². The van der Waals surface area contributed by atoms with Crippen molar-refractivity contribution >= 4 is 22.4 Å².